The van der Waals surface area contributed by atoms with Gasteiger partial charge in [-0.05, 0) is 19.8 Å². The molecule has 1 fully saturated rings. The smallest absolute Gasteiger partial charge is 0.121 e. The maximum atomic E-state index is 10.1. The van der Waals surface area contributed by atoms with Gasteiger partial charge in [-0.1, -0.05) is 0 Å². The molecular formula is C9H17NO2. The third-order valence-electron chi connectivity index (χ3n) is 2.50. The van der Waals surface area contributed by atoms with Crippen molar-refractivity contribution in [3.63, 3.8) is 0 Å². The van der Waals surface area contributed by atoms with Crippen LogP contribution in [0.5, 0.6) is 0 Å². The number of piperidine rings is 1. The number of likely N-dealkylation sites (tertiary alicyclic amines) is 1. The van der Waals surface area contributed by atoms with Gasteiger partial charge < -0.3 is 14.8 Å². The molecule has 1 aliphatic rings. The topological polar surface area (TPSA) is 40.5 Å². The number of carbonyl (C=O) groups excluding carboxylic acids is 1. The zero-order chi connectivity index (χ0) is 9.03. The first kappa shape index (κ1) is 9.68. The summed E-state index contributed by atoms with van der Waals surface area (Å²) in [6.07, 6.45) is 3.21. The van der Waals surface area contributed by atoms with Crippen LogP contribution in [0, 0.1) is 0 Å². The van der Waals surface area contributed by atoms with Crippen LogP contribution in [0.15, 0.2) is 0 Å². The molecule has 0 aromatic carbocycles. The number of aldehydes is 1. The van der Waals surface area contributed by atoms with Crippen LogP contribution in [-0.2, 0) is 4.79 Å². The molecule has 0 atom stereocenters. The summed E-state index contributed by atoms with van der Waals surface area (Å²) in [7, 11) is 0. The van der Waals surface area contributed by atoms with Gasteiger partial charge in [-0.25, -0.2) is 0 Å². The maximum absolute atomic E-state index is 10.1. The second-order valence-corrected chi connectivity index (χ2v) is 3.79. The molecule has 0 saturated carbocycles. The van der Waals surface area contributed by atoms with Crippen molar-refractivity contribution in [3.05, 3.63) is 0 Å². The van der Waals surface area contributed by atoms with E-state index >= 15 is 0 Å². The van der Waals surface area contributed by atoms with Crippen molar-refractivity contribution in [2.24, 2.45) is 0 Å². The van der Waals surface area contributed by atoms with E-state index in [1.54, 1.807) is 0 Å². The van der Waals surface area contributed by atoms with Crippen LogP contribution in [0.25, 0.3) is 0 Å². The molecule has 0 aromatic heterocycles. The fraction of sp³-hybridized carbons (Fsp3) is 0.889. The van der Waals surface area contributed by atoms with Crippen LogP contribution in [-0.4, -0.2) is 41.5 Å². The van der Waals surface area contributed by atoms with Crippen LogP contribution in [0.3, 0.4) is 0 Å². The Labute approximate surface area is 73.4 Å². The van der Waals surface area contributed by atoms with E-state index in [0.717, 1.165) is 38.8 Å². The lowest BCUT2D eigenvalue weighted by Crippen LogP contribution is -2.42. The summed E-state index contributed by atoms with van der Waals surface area (Å²) in [5.41, 5.74) is -0.475. The predicted molar refractivity (Wildman–Crippen MR) is 47.0 cm³/mol. The molecule has 0 amide bonds. The molecule has 70 valence electrons. The van der Waals surface area contributed by atoms with Gasteiger partial charge in [-0.15, -0.1) is 0 Å². The summed E-state index contributed by atoms with van der Waals surface area (Å²) < 4.78 is 0. The number of hydrogen-bond acceptors (Lipinski definition) is 3. The molecule has 1 rings (SSSR count). The van der Waals surface area contributed by atoms with Gasteiger partial charge in [0.15, 0.2) is 0 Å². The second kappa shape index (κ2) is 4.01. The minimum absolute atomic E-state index is 0.475. The van der Waals surface area contributed by atoms with E-state index in [1.165, 1.54) is 0 Å². The quantitative estimate of drug-likeness (QED) is 0.626. The van der Waals surface area contributed by atoms with Gasteiger partial charge in [0.05, 0.1) is 5.60 Å². The predicted octanol–water partition coefficient (Wildman–Crippen LogP) is 0.422. The Kier molecular flexibility index (Phi) is 3.23. The minimum Gasteiger partial charge on any atom is -0.390 e. The largest absolute Gasteiger partial charge is 0.390 e. The fourth-order valence-electron chi connectivity index (χ4n) is 1.49. The third kappa shape index (κ3) is 2.91. The number of hydrogen-bond donors (Lipinski definition) is 1. The summed E-state index contributed by atoms with van der Waals surface area (Å²) >= 11 is 0. The van der Waals surface area contributed by atoms with E-state index in [1.807, 2.05) is 6.92 Å². The van der Waals surface area contributed by atoms with Crippen LogP contribution >= 0.6 is 0 Å². The minimum atomic E-state index is -0.475. The van der Waals surface area contributed by atoms with Crippen LogP contribution in [0.4, 0.5) is 0 Å². The lowest BCUT2D eigenvalue weighted by molar-refractivity contribution is -0.108. The Hall–Kier alpha value is -0.410. The van der Waals surface area contributed by atoms with Crippen molar-refractivity contribution >= 4 is 6.29 Å². The zero-order valence-electron chi connectivity index (χ0n) is 7.62. The van der Waals surface area contributed by atoms with Gasteiger partial charge >= 0.3 is 0 Å². The molecule has 3 heteroatoms. The van der Waals surface area contributed by atoms with Crippen molar-refractivity contribution < 1.29 is 9.90 Å². The van der Waals surface area contributed by atoms with Gasteiger partial charge in [0.2, 0.25) is 0 Å². The first-order chi connectivity index (χ1) is 5.64. The average molecular weight is 171 g/mol. The number of rotatable bonds is 3. The molecule has 0 unspecified atom stereocenters. The number of aliphatic hydroxyl groups is 1. The zero-order valence-corrected chi connectivity index (χ0v) is 7.62. The highest BCUT2D eigenvalue weighted by molar-refractivity contribution is 5.49. The third-order valence-corrected chi connectivity index (χ3v) is 2.50. The lowest BCUT2D eigenvalue weighted by atomic mass is 9.94. The van der Waals surface area contributed by atoms with Crippen LogP contribution in [0.2, 0.25) is 0 Å². The van der Waals surface area contributed by atoms with Crippen molar-refractivity contribution in [3.8, 4) is 0 Å². The number of nitrogens with zero attached hydrogens (tertiary/aromatic N) is 1. The molecular weight excluding hydrogens is 154 g/mol. The first-order valence-electron chi connectivity index (χ1n) is 4.52. The van der Waals surface area contributed by atoms with Gasteiger partial charge in [0, 0.05) is 26.1 Å². The molecule has 1 aliphatic heterocycles. The highest BCUT2D eigenvalue weighted by Gasteiger charge is 2.26. The van der Waals surface area contributed by atoms with Gasteiger partial charge in [0.1, 0.15) is 6.29 Å². The summed E-state index contributed by atoms with van der Waals surface area (Å²) in [4.78, 5) is 12.3. The molecule has 0 spiro atoms. The summed E-state index contributed by atoms with van der Waals surface area (Å²) in [6.45, 7) is 4.56. The summed E-state index contributed by atoms with van der Waals surface area (Å²) in [6, 6.07) is 0. The SMILES string of the molecule is CC1(O)CCN(CCC=O)CC1. The second-order valence-electron chi connectivity index (χ2n) is 3.79. The standard InChI is InChI=1S/C9H17NO2/c1-9(12)3-6-10(7-4-9)5-2-8-11/h8,12H,2-7H2,1H3. The van der Waals surface area contributed by atoms with Gasteiger partial charge in [0.25, 0.3) is 0 Å². The van der Waals surface area contributed by atoms with Gasteiger partial charge in [-0.2, -0.15) is 0 Å². The Balaban J connectivity index is 2.22. The molecule has 0 bridgehead atoms. The van der Waals surface area contributed by atoms with Crippen LogP contribution < -0.4 is 0 Å². The van der Waals surface area contributed by atoms with Crippen molar-refractivity contribution in [1.29, 1.82) is 0 Å². The molecule has 12 heavy (non-hydrogen) atoms. The lowest BCUT2D eigenvalue weighted by Gasteiger charge is -2.35. The fourth-order valence-corrected chi connectivity index (χ4v) is 1.49. The van der Waals surface area contributed by atoms with E-state index in [4.69, 9.17) is 0 Å². The van der Waals surface area contributed by atoms with E-state index in [-0.39, 0.29) is 0 Å². The van der Waals surface area contributed by atoms with Crippen LogP contribution in [0.1, 0.15) is 26.2 Å². The molecule has 1 heterocycles. The monoisotopic (exact) mass is 171 g/mol. The summed E-state index contributed by atoms with van der Waals surface area (Å²) in [5, 5.41) is 9.62. The van der Waals surface area contributed by atoms with Gasteiger partial charge in [-0.3, -0.25) is 0 Å². The van der Waals surface area contributed by atoms with Crippen molar-refractivity contribution in [2.75, 3.05) is 19.6 Å². The average Bonchev–Trinajstić information content (AvgIpc) is 2.03. The Morgan fingerprint density at radius 2 is 2.08 bits per heavy atom. The Bertz CT molecular complexity index is 147. The van der Waals surface area contributed by atoms with E-state index in [2.05, 4.69) is 4.90 Å². The molecule has 3 nitrogen and oxygen atoms in total. The van der Waals surface area contributed by atoms with E-state index in [9.17, 15) is 9.90 Å². The van der Waals surface area contributed by atoms with E-state index < -0.39 is 5.60 Å². The van der Waals surface area contributed by atoms with Crippen molar-refractivity contribution in [1.82, 2.24) is 4.90 Å². The Morgan fingerprint density at radius 3 is 2.58 bits per heavy atom. The maximum Gasteiger partial charge on any atom is 0.121 e. The highest BCUT2D eigenvalue weighted by atomic mass is 16.3. The normalized spacial score (nSPS) is 23.8. The number of carbonyl (C=O) groups is 1. The first-order valence-corrected chi connectivity index (χ1v) is 4.52. The Morgan fingerprint density at radius 1 is 1.50 bits per heavy atom. The molecule has 0 aromatic rings. The molecule has 0 radical (unpaired) electrons. The molecule has 1 N–H and O–H groups in total. The van der Waals surface area contributed by atoms with Crippen molar-refractivity contribution in [2.45, 2.75) is 31.8 Å². The molecule has 0 aliphatic carbocycles. The van der Waals surface area contributed by atoms with E-state index in [0.29, 0.717) is 6.42 Å². The summed E-state index contributed by atoms with van der Waals surface area (Å²) in [5.74, 6) is 0. The highest BCUT2D eigenvalue weighted by Crippen LogP contribution is 2.20. The molecule has 1 saturated heterocycles.